The molecule has 0 spiro atoms. The first-order chi connectivity index (χ1) is 6.74. The van der Waals surface area contributed by atoms with Gasteiger partial charge in [0.1, 0.15) is 6.79 Å². The molecule has 0 aliphatic heterocycles. The van der Waals surface area contributed by atoms with Gasteiger partial charge in [-0.25, -0.2) is 0 Å². The van der Waals surface area contributed by atoms with Gasteiger partial charge in [0, 0.05) is 17.8 Å². The number of nitrogens with two attached hydrogens (primary N) is 1. The number of rotatable bonds is 5. The highest BCUT2D eigenvalue weighted by atomic mass is 35.5. The highest BCUT2D eigenvalue weighted by molar-refractivity contribution is 6.31. The Bertz CT molecular complexity index is 291. The lowest BCUT2D eigenvalue weighted by molar-refractivity contribution is -0.0291. The fourth-order valence-corrected chi connectivity index (χ4v) is 1.32. The molecular formula is C10H14ClNO2. The molecule has 78 valence electrons. The molecule has 14 heavy (non-hydrogen) atoms. The van der Waals surface area contributed by atoms with Gasteiger partial charge in [-0.3, -0.25) is 0 Å². The highest BCUT2D eigenvalue weighted by Crippen LogP contribution is 2.19. The van der Waals surface area contributed by atoms with E-state index in [-0.39, 0.29) is 0 Å². The number of halogens is 1. The van der Waals surface area contributed by atoms with Crippen LogP contribution in [0.1, 0.15) is 5.56 Å². The second-order valence-electron chi connectivity index (χ2n) is 2.92. The average molecular weight is 216 g/mol. The van der Waals surface area contributed by atoms with E-state index in [1.54, 1.807) is 19.2 Å². The zero-order chi connectivity index (χ0) is 10.4. The van der Waals surface area contributed by atoms with Crippen LogP contribution in [0, 0.1) is 0 Å². The summed E-state index contributed by atoms with van der Waals surface area (Å²) in [6.07, 6.45) is 0.743. The standard InChI is InChI=1S/C10H14ClNO2/c1-13-7-14-5-4-8-6-9(12)2-3-10(8)11/h2-3,6H,4-5,7,12H2,1H3. The van der Waals surface area contributed by atoms with Crippen LogP contribution in [0.3, 0.4) is 0 Å². The topological polar surface area (TPSA) is 44.5 Å². The van der Waals surface area contributed by atoms with Gasteiger partial charge in [0.2, 0.25) is 0 Å². The van der Waals surface area contributed by atoms with Crippen molar-refractivity contribution in [2.45, 2.75) is 6.42 Å². The van der Waals surface area contributed by atoms with E-state index in [0.29, 0.717) is 13.4 Å². The molecule has 0 saturated heterocycles. The van der Waals surface area contributed by atoms with Gasteiger partial charge in [-0.2, -0.15) is 0 Å². The Balaban J connectivity index is 2.45. The van der Waals surface area contributed by atoms with Crippen LogP contribution in [0.15, 0.2) is 18.2 Å². The summed E-state index contributed by atoms with van der Waals surface area (Å²) in [7, 11) is 1.59. The van der Waals surface area contributed by atoms with Crippen LogP contribution in [0.25, 0.3) is 0 Å². The van der Waals surface area contributed by atoms with Crippen LogP contribution >= 0.6 is 11.6 Å². The van der Waals surface area contributed by atoms with E-state index >= 15 is 0 Å². The predicted octanol–water partition coefficient (Wildman–Crippen LogP) is 2.09. The van der Waals surface area contributed by atoms with Crippen LogP contribution in [-0.2, 0) is 15.9 Å². The number of anilines is 1. The Morgan fingerprint density at radius 2 is 2.21 bits per heavy atom. The number of hydrogen-bond acceptors (Lipinski definition) is 3. The summed E-state index contributed by atoms with van der Waals surface area (Å²) in [4.78, 5) is 0. The Hall–Kier alpha value is -0.770. The van der Waals surface area contributed by atoms with Crippen molar-refractivity contribution in [3.8, 4) is 0 Å². The highest BCUT2D eigenvalue weighted by Gasteiger charge is 2.00. The number of ether oxygens (including phenoxy) is 2. The second kappa shape index (κ2) is 5.86. The number of hydrogen-bond donors (Lipinski definition) is 1. The number of methoxy groups -OCH3 is 1. The van der Waals surface area contributed by atoms with Crippen molar-refractivity contribution in [1.82, 2.24) is 0 Å². The van der Waals surface area contributed by atoms with Crippen molar-refractivity contribution in [3.05, 3.63) is 28.8 Å². The van der Waals surface area contributed by atoms with E-state index in [9.17, 15) is 0 Å². The lowest BCUT2D eigenvalue weighted by Crippen LogP contribution is -2.02. The van der Waals surface area contributed by atoms with Crippen LogP contribution in [0.2, 0.25) is 5.02 Å². The molecule has 0 aliphatic carbocycles. The summed E-state index contributed by atoms with van der Waals surface area (Å²) in [6.45, 7) is 0.886. The summed E-state index contributed by atoms with van der Waals surface area (Å²) >= 11 is 5.97. The van der Waals surface area contributed by atoms with E-state index in [2.05, 4.69) is 0 Å². The van der Waals surface area contributed by atoms with E-state index in [0.717, 1.165) is 22.7 Å². The zero-order valence-corrected chi connectivity index (χ0v) is 8.88. The van der Waals surface area contributed by atoms with Crippen molar-refractivity contribution in [1.29, 1.82) is 0 Å². The first-order valence-electron chi connectivity index (χ1n) is 4.34. The van der Waals surface area contributed by atoms with Gasteiger partial charge in [0.05, 0.1) is 6.61 Å². The van der Waals surface area contributed by atoms with Crippen molar-refractivity contribution >= 4 is 17.3 Å². The molecule has 0 aliphatic rings. The number of benzene rings is 1. The molecule has 1 aromatic carbocycles. The minimum Gasteiger partial charge on any atom is -0.399 e. The Morgan fingerprint density at radius 1 is 1.43 bits per heavy atom. The lowest BCUT2D eigenvalue weighted by Gasteiger charge is -2.05. The third-order valence-corrected chi connectivity index (χ3v) is 2.16. The van der Waals surface area contributed by atoms with E-state index in [1.807, 2.05) is 6.07 Å². The van der Waals surface area contributed by atoms with Crippen LogP contribution in [-0.4, -0.2) is 20.5 Å². The van der Waals surface area contributed by atoms with Crippen LogP contribution < -0.4 is 5.73 Å². The smallest absolute Gasteiger partial charge is 0.146 e. The minimum atomic E-state index is 0.305. The first-order valence-corrected chi connectivity index (χ1v) is 4.72. The first kappa shape index (κ1) is 11.3. The molecule has 0 unspecified atom stereocenters. The maximum Gasteiger partial charge on any atom is 0.146 e. The molecule has 2 N–H and O–H groups in total. The summed E-state index contributed by atoms with van der Waals surface area (Å²) in [6, 6.07) is 5.43. The molecule has 0 bridgehead atoms. The van der Waals surface area contributed by atoms with Gasteiger partial charge in [-0.1, -0.05) is 11.6 Å². The van der Waals surface area contributed by atoms with Crippen molar-refractivity contribution in [2.75, 3.05) is 26.2 Å². The van der Waals surface area contributed by atoms with Gasteiger partial charge in [0.15, 0.2) is 0 Å². The lowest BCUT2D eigenvalue weighted by atomic mass is 10.1. The van der Waals surface area contributed by atoms with Gasteiger partial charge >= 0.3 is 0 Å². The van der Waals surface area contributed by atoms with Crippen LogP contribution in [0.5, 0.6) is 0 Å². The molecule has 0 fully saturated rings. The molecule has 0 heterocycles. The number of nitrogen functional groups attached to an aromatic ring is 1. The fourth-order valence-electron chi connectivity index (χ4n) is 1.11. The molecule has 0 saturated carbocycles. The molecule has 1 rings (SSSR count). The van der Waals surface area contributed by atoms with E-state index in [1.165, 1.54) is 0 Å². The largest absolute Gasteiger partial charge is 0.399 e. The monoisotopic (exact) mass is 215 g/mol. The SMILES string of the molecule is COCOCCc1cc(N)ccc1Cl. The maximum absolute atomic E-state index is 5.97. The van der Waals surface area contributed by atoms with Crippen molar-refractivity contribution in [3.63, 3.8) is 0 Å². The Kier molecular flexibility index (Phi) is 4.73. The van der Waals surface area contributed by atoms with Crippen molar-refractivity contribution < 1.29 is 9.47 Å². The van der Waals surface area contributed by atoms with Crippen LogP contribution in [0.4, 0.5) is 5.69 Å². The summed E-state index contributed by atoms with van der Waals surface area (Å²) in [5.74, 6) is 0. The van der Waals surface area contributed by atoms with Gasteiger partial charge in [-0.15, -0.1) is 0 Å². The molecule has 4 heteroatoms. The second-order valence-corrected chi connectivity index (χ2v) is 3.32. The Morgan fingerprint density at radius 3 is 2.93 bits per heavy atom. The third kappa shape index (κ3) is 3.54. The molecule has 0 aromatic heterocycles. The molecular weight excluding hydrogens is 202 g/mol. The molecule has 3 nitrogen and oxygen atoms in total. The molecule has 1 aromatic rings. The minimum absolute atomic E-state index is 0.305. The molecule has 0 radical (unpaired) electrons. The fraction of sp³-hybridized carbons (Fsp3) is 0.400. The quantitative estimate of drug-likeness (QED) is 0.465. The van der Waals surface area contributed by atoms with E-state index in [4.69, 9.17) is 26.8 Å². The molecule has 0 amide bonds. The predicted molar refractivity (Wildman–Crippen MR) is 57.4 cm³/mol. The average Bonchev–Trinajstić information content (AvgIpc) is 2.18. The zero-order valence-electron chi connectivity index (χ0n) is 8.13. The summed E-state index contributed by atoms with van der Waals surface area (Å²) in [5.41, 5.74) is 7.35. The molecule has 0 atom stereocenters. The maximum atomic E-state index is 5.97. The van der Waals surface area contributed by atoms with Gasteiger partial charge in [0.25, 0.3) is 0 Å². The third-order valence-electron chi connectivity index (χ3n) is 1.79. The van der Waals surface area contributed by atoms with E-state index < -0.39 is 0 Å². The normalized spacial score (nSPS) is 10.4. The Labute approximate surface area is 88.8 Å². The summed E-state index contributed by atoms with van der Waals surface area (Å²) < 4.78 is 9.91. The van der Waals surface area contributed by atoms with Gasteiger partial charge < -0.3 is 15.2 Å². The van der Waals surface area contributed by atoms with Crippen molar-refractivity contribution in [2.24, 2.45) is 0 Å². The van der Waals surface area contributed by atoms with Gasteiger partial charge in [-0.05, 0) is 30.2 Å². The summed E-state index contributed by atoms with van der Waals surface area (Å²) in [5, 5.41) is 0.722.